The maximum absolute atomic E-state index is 10.4. The van der Waals surface area contributed by atoms with Gasteiger partial charge in [-0.3, -0.25) is 0 Å². The maximum Gasteiger partial charge on any atom is 0.235 e. The van der Waals surface area contributed by atoms with E-state index in [0.29, 0.717) is 23.7 Å². The van der Waals surface area contributed by atoms with E-state index in [9.17, 15) is 9.59 Å². The highest BCUT2D eigenvalue weighted by Gasteiger charge is 2.57. The van der Waals surface area contributed by atoms with Crippen molar-refractivity contribution in [1.29, 1.82) is 0 Å². The molecule has 0 radical (unpaired) electrons. The minimum atomic E-state index is 0.141. The third-order valence-corrected chi connectivity index (χ3v) is 4.88. The van der Waals surface area contributed by atoms with Gasteiger partial charge in [0.25, 0.3) is 0 Å². The molecule has 0 saturated heterocycles. The van der Waals surface area contributed by atoms with Crippen LogP contribution >= 0.6 is 0 Å². The second-order valence-electron chi connectivity index (χ2n) is 5.29. The van der Waals surface area contributed by atoms with Crippen molar-refractivity contribution < 1.29 is 9.59 Å². The Hall–Kier alpha value is -1.24. The first-order valence-corrected chi connectivity index (χ1v) is 5.99. The van der Waals surface area contributed by atoms with Crippen LogP contribution in [-0.4, -0.2) is 24.2 Å². The molecule has 0 amide bonds. The van der Waals surface area contributed by atoms with Crippen LogP contribution in [0.5, 0.6) is 0 Å². The molecule has 3 aliphatic rings. The first-order valence-electron chi connectivity index (χ1n) is 5.99. The van der Waals surface area contributed by atoms with Crippen LogP contribution in [0.2, 0.25) is 0 Å². The van der Waals surface area contributed by atoms with E-state index < -0.39 is 0 Å². The lowest BCUT2D eigenvalue weighted by Crippen LogP contribution is -2.32. The molecule has 0 aromatic heterocycles. The average molecular weight is 218 g/mol. The van der Waals surface area contributed by atoms with Crippen LogP contribution in [-0.2, 0) is 9.59 Å². The second-order valence-corrected chi connectivity index (χ2v) is 5.29. The number of hydrogen-bond donors (Lipinski definition) is 0. The van der Waals surface area contributed by atoms with Crippen molar-refractivity contribution >= 4 is 12.2 Å². The van der Waals surface area contributed by atoms with Gasteiger partial charge in [-0.15, -0.1) is 0 Å². The molecule has 0 spiro atoms. The Labute approximate surface area is 93.8 Å². The molecule has 6 atom stereocenters. The molecule has 0 heterocycles. The van der Waals surface area contributed by atoms with Crippen LogP contribution < -0.4 is 0 Å². The highest BCUT2D eigenvalue weighted by molar-refractivity contribution is 5.35. The molecule has 4 nitrogen and oxygen atoms in total. The molecule has 3 aliphatic carbocycles. The molecule has 3 fully saturated rings. The molecule has 3 saturated carbocycles. The Kier molecular flexibility index (Phi) is 2.27. The van der Waals surface area contributed by atoms with Crippen LogP contribution in [0.15, 0.2) is 9.98 Å². The van der Waals surface area contributed by atoms with Gasteiger partial charge in [0.2, 0.25) is 12.2 Å². The van der Waals surface area contributed by atoms with Crippen molar-refractivity contribution in [1.82, 2.24) is 0 Å². The summed E-state index contributed by atoms with van der Waals surface area (Å²) in [6.07, 6.45) is 7.78. The smallest absolute Gasteiger partial charge is 0.211 e. The Morgan fingerprint density at radius 3 is 2.38 bits per heavy atom. The largest absolute Gasteiger partial charge is 0.235 e. The number of fused-ring (bicyclic) bond motifs is 5. The minimum absolute atomic E-state index is 0.141. The number of hydrogen-bond acceptors (Lipinski definition) is 4. The molecule has 0 N–H and O–H groups in total. The SMILES string of the molecule is O=C=NC1CC2CC1C1C(N=C=O)CCC21. The topological polar surface area (TPSA) is 58.9 Å². The normalized spacial score (nSPS) is 48.2. The maximum atomic E-state index is 10.4. The van der Waals surface area contributed by atoms with E-state index >= 15 is 0 Å². The molecule has 84 valence electrons. The second kappa shape index (κ2) is 3.65. The summed E-state index contributed by atoms with van der Waals surface area (Å²) in [5.41, 5.74) is 0. The van der Waals surface area contributed by atoms with Gasteiger partial charge < -0.3 is 0 Å². The van der Waals surface area contributed by atoms with E-state index in [1.54, 1.807) is 12.2 Å². The summed E-state index contributed by atoms with van der Waals surface area (Å²) in [5, 5.41) is 0. The highest BCUT2D eigenvalue weighted by atomic mass is 16.1. The zero-order valence-corrected chi connectivity index (χ0v) is 9.00. The highest BCUT2D eigenvalue weighted by Crippen LogP contribution is 2.60. The standard InChI is InChI=1S/C12H14N2O2/c15-5-13-10-2-1-8-7-3-9(12(8)10)11(4-7)14-6-16/h7-12H,1-4H2. The fourth-order valence-electron chi connectivity index (χ4n) is 4.47. The van der Waals surface area contributed by atoms with E-state index in [2.05, 4.69) is 9.98 Å². The molecule has 2 bridgehead atoms. The Bertz CT molecular complexity index is 396. The summed E-state index contributed by atoms with van der Waals surface area (Å²) in [6, 6.07) is 0.286. The lowest BCUT2D eigenvalue weighted by molar-refractivity contribution is 0.220. The van der Waals surface area contributed by atoms with Gasteiger partial charge in [-0.1, -0.05) is 0 Å². The molecule has 0 aromatic carbocycles. The third kappa shape index (κ3) is 1.24. The summed E-state index contributed by atoms with van der Waals surface area (Å²) in [5.74, 6) is 2.34. The summed E-state index contributed by atoms with van der Waals surface area (Å²) >= 11 is 0. The Morgan fingerprint density at radius 1 is 0.875 bits per heavy atom. The summed E-state index contributed by atoms with van der Waals surface area (Å²) in [4.78, 5) is 28.6. The minimum Gasteiger partial charge on any atom is -0.211 e. The van der Waals surface area contributed by atoms with Crippen molar-refractivity contribution in [2.75, 3.05) is 0 Å². The summed E-state index contributed by atoms with van der Waals surface area (Å²) in [6.45, 7) is 0. The van der Waals surface area contributed by atoms with Gasteiger partial charge in [0.15, 0.2) is 0 Å². The zero-order valence-electron chi connectivity index (χ0n) is 9.00. The molecule has 6 unspecified atom stereocenters. The molecular formula is C12H14N2O2. The van der Waals surface area contributed by atoms with Gasteiger partial charge in [-0.05, 0) is 49.4 Å². The molecule has 4 heteroatoms. The fourth-order valence-corrected chi connectivity index (χ4v) is 4.47. The van der Waals surface area contributed by atoms with E-state index in [1.807, 2.05) is 0 Å². The van der Waals surface area contributed by atoms with Crippen molar-refractivity contribution in [3.05, 3.63) is 0 Å². The van der Waals surface area contributed by atoms with Crippen molar-refractivity contribution in [3.63, 3.8) is 0 Å². The Balaban J connectivity index is 1.87. The molecule has 16 heavy (non-hydrogen) atoms. The lowest BCUT2D eigenvalue weighted by Gasteiger charge is -2.30. The van der Waals surface area contributed by atoms with E-state index in [-0.39, 0.29) is 12.1 Å². The number of rotatable bonds is 2. The van der Waals surface area contributed by atoms with Crippen molar-refractivity contribution in [2.45, 2.75) is 37.8 Å². The van der Waals surface area contributed by atoms with Crippen molar-refractivity contribution in [2.24, 2.45) is 33.7 Å². The fraction of sp³-hybridized carbons (Fsp3) is 0.833. The molecule has 0 aromatic rings. The van der Waals surface area contributed by atoms with Gasteiger partial charge in [0, 0.05) is 0 Å². The van der Waals surface area contributed by atoms with Crippen LogP contribution in [0.4, 0.5) is 0 Å². The lowest BCUT2D eigenvalue weighted by atomic mass is 9.78. The number of aliphatic imine (C=N–C) groups is 2. The third-order valence-electron chi connectivity index (χ3n) is 4.88. The Morgan fingerprint density at radius 2 is 1.62 bits per heavy atom. The number of nitrogens with zero attached hydrogens (tertiary/aromatic N) is 2. The van der Waals surface area contributed by atoms with Crippen LogP contribution in [0, 0.1) is 23.7 Å². The van der Waals surface area contributed by atoms with E-state index in [4.69, 9.17) is 0 Å². The summed E-state index contributed by atoms with van der Waals surface area (Å²) in [7, 11) is 0. The number of carbonyl (C=O) groups excluding carboxylic acids is 2. The number of isocyanates is 2. The van der Waals surface area contributed by atoms with Gasteiger partial charge >= 0.3 is 0 Å². The van der Waals surface area contributed by atoms with Crippen LogP contribution in [0.1, 0.15) is 25.7 Å². The van der Waals surface area contributed by atoms with Gasteiger partial charge in [0.1, 0.15) is 0 Å². The summed E-state index contributed by atoms with van der Waals surface area (Å²) < 4.78 is 0. The van der Waals surface area contributed by atoms with E-state index in [1.165, 1.54) is 6.42 Å². The van der Waals surface area contributed by atoms with Crippen LogP contribution in [0.25, 0.3) is 0 Å². The van der Waals surface area contributed by atoms with Gasteiger partial charge in [0.05, 0.1) is 12.1 Å². The quantitative estimate of drug-likeness (QED) is 0.520. The molecule has 0 aliphatic heterocycles. The predicted octanol–water partition coefficient (Wildman–Crippen LogP) is 1.46. The van der Waals surface area contributed by atoms with Crippen LogP contribution in [0.3, 0.4) is 0 Å². The first-order chi connectivity index (χ1) is 7.85. The molecular weight excluding hydrogens is 204 g/mol. The first kappa shape index (κ1) is 9.95. The van der Waals surface area contributed by atoms with Gasteiger partial charge in [-0.25, -0.2) is 19.6 Å². The monoisotopic (exact) mass is 218 g/mol. The average Bonchev–Trinajstić information content (AvgIpc) is 2.91. The predicted molar refractivity (Wildman–Crippen MR) is 56.2 cm³/mol. The van der Waals surface area contributed by atoms with Gasteiger partial charge in [-0.2, -0.15) is 0 Å². The molecule has 3 rings (SSSR count). The zero-order chi connectivity index (χ0) is 11.1. The van der Waals surface area contributed by atoms with E-state index in [0.717, 1.165) is 19.3 Å². The van der Waals surface area contributed by atoms with Crippen molar-refractivity contribution in [3.8, 4) is 0 Å².